The molecule has 1 aromatic carbocycles. The van der Waals surface area contributed by atoms with Crippen molar-refractivity contribution in [3.8, 4) is 0 Å². The minimum atomic E-state index is -1.40. The number of carbonyl (C=O) groups excluding carboxylic acids is 1. The van der Waals surface area contributed by atoms with E-state index < -0.39 is 20.3 Å². The van der Waals surface area contributed by atoms with Gasteiger partial charge in [0, 0.05) is 6.61 Å². The lowest BCUT2D eigenvalue weighted by molar-refractivity contribution is 0.0582. The molecule has 0 aromatic heterocycles. The van der Waals surface area contributed by atoms with Gasteiger partial charge in [-0.15, -0.1) is 0 Å². The number of carboxylic acid groups (broad SMARTS) is 1. The van der Waals surface area contributed by atoms with Crippen LogP contribution in [-0.4, -0.2) is 39.1 Å². The van der Waals surface area contributed by atoms with Crippen molar-refractivity contribution < 1.29 is 23.9 Å². The first-order chi connectivity index (χ1) is 12.7. The zero-order valence-electron chi connectivity index (χ0n) is 17.4. The first-order valence-corrected chi connectivity index (χ1v) is 13.2. The van der Waals surface area contributed by atoms with Crippen LogP contribution in [-0.2, 0) is 22.0 Å². The van der Waals surface area contributed by atoms with E-state index in [0.717, 1.165) is 62.7 Å². The normalized spacial score (nSPS) is 11.4. The molecule has 5 nitrogen and oxygen atoms in total. The van der Waals surface area contributed by atoms with E-state index in [1.807, 2.05) is 6.92 Å². The highest BCUT2D eigenvalue weighted by molar-refractivity contribution is 6.69. The van der Waals surface area contributed by atoms with Crippen LogP contribution in [0.4, 0.5) is 0 Å². The zero-order chi connectivity index (χ0) is 20.4. The van der Waals surface area contributed by atoms with Gasteiger partial charge < -0.3 is 14.3 Å². The summed E-state index contributed by atoms with van der Waals surface area (Å²) in [6, 6.07) is 3.33. The Balaban J connectivity index is 2.58. The predicted molar refractivity (Wildman–Crippen MR) is 110 cm³/mol. The zero-order valence-corrected chi connectivity index (χ0v) is 18.4. The Bertz CT molecular complexity index is 634. The molecule has 0 unspecified atom stereocenters. The molecular formula is C21H34O5Si. The number of hydrogen-bond acceptors (Lipinski definition) is 4. The van der Waals surface area contributed by atoms with Crippen LogP contribution in [0.25, 0.3) is 0 Å². The van der Waals surface area contributed by atoms with Crippen LogP contribution in [0, 0.1) is 0 Å². The van der Waals surface area contributed by atoms with E-state index in [2.05, 4.69) is 19.6 Å². The minimum absolute atomic E-state index is 0.0255. The molecule has 0 atom stereocenters. The summed E-state index contributed by atoms with van der Waals surface area (Å²) in [5, 5.41) is 9.43. The largest absolute Gasteiger partial charge is 0.478 e. The van der Waals surface area contributed by atoms with Crippen LogP contribution < -0.4 is 0 Å². The maximum atomic E-state index is 11.9. The molecule has 0 bridgehead atoms. The standard InChI is InChI=1S/C21H34O5Si/c1-6-16-14-19(21(24)25-2)18(20(22)23)15-17(16)12-10-8-7-9-11-13-26-27(3,4)5/h14-15H,6-13H2,1-5H3,(H,22,23). The van der Waals surface area contributed by atoms with Gasteiger partial charge in [-0.25, -0.2) is 9.59 Å². The van der Waals surface area contributed by atoms with Crippen molar-refractivity contribution in [3.63, 3.8) is 0 Å². The van der Waals surface area contributed by atoms with Gasteiger partial charge in [-0.2, -0.15) is 0 Å². The van der Waals surface area contributed by atoms with Crippen molar-refractivity contribution in [2.45, 2.75) is 71.5 Å². The quantitative estimate of drug-likeness (QED) is 0.304. The third-order valence-corrected chi connectivity index (χ3v) is 5.55. The minimum Gasteiger partial charge on any atom is -0.478 e. The van der Waals surface area contributed by atoms with Crippen molar-refractivity contribution in [1.82, 2.24) is 0 Å². The lowest BCUT2D eigenvalue weighted by atomic mass is 9.93. The molecule has 152 valence electrons. The van der Waals surface area contributed by atoms with E-state index in [4.69, 9.17) is 9.16 Å². The van der Waals surface area contributed by atoms with E-state index in [9.17, 15) is 14.7 Å². The van der Waals surface area contributed by atoms with Crippen molar-refractivity contribution >= 4 is 20.3 Å². The summed E-state index contributed by atoms with van der Waals surface area (Å²) in [7, 11) is -0.132. The van der Waals surface area contributed by atoms with Crippen molar-refractivity contribution in [2.75, 3.05) is 13.7 Å². The third-order valence-electron chi connectivity index (χ3n) is 4.48. The molecule has 1 aromatic rings. The predicted octanol–water partition coefficient (Wildman–Crippen LogP) is 5.08. The third kappa shape index (κ3) is 8.26. The highest BCUT2D eigenvalue weighted by atomic mass is 28.4. The van der Waals surface area contributed by atoms with Crippen LogP contribution in [0.15, 0.2) is 12.1 Å². The Labute approximate surface area is 164 Å². The average molecular weight is 395 g/mol. The van der Waals surface area contributed by atoms with E-state index >= 15 is 0 Å². The molecule has 6 heteroatoms. The molecule has 0 saturated carbocycles. The van der Waals surface area contributed by atoms with Gasteiger partial charge >= 0.3 is 11.9 Å². The number of carboxylic acids is 1. The van der Waals surface area contributed by atoms with Crippen LogP contribution in [0.3, 0.4) is 0 Å². The Hall–Kier alpha value is -1.66. The Morgan fingerprint density at radius 2 is 1.56 bits per heavy atom. The molecule has 0 saturated heterocycles. The summed E-state index contributed by atoms with van der Waals surface area (Å²) in [5.41, 5.74) is 2.19. The first-order valence-electron chi connectivity index (χ1n) is 9.81. The number of rotatable bonds is 12. The second-order valence-corrected chi connectivity index (χ2v) is 12.3. The highest BCUT2D eigenvalue weighted by Crippen LogP contribution is 2.21. The van der Waals surface area contributed by atoms with Gasteiger partial charge in [0.1, 0.15) is 0 Å². The Morgan fingerprint density at radius 3 is 2.11 bits per heavy atom. The molecular weight excluding hydrogens is 360 g/mol. The number of aryl methyl sites for hydroxylation is 2. The number of unbranched alkanes of at least 4 members (excludes halogenated alkanes) is 4. The Morgan fingerprint density at radius 1 is 0.963 bits per heavy atom. The molecule has 0 amide bonds. The molecule has 0 fully saturated rings. The fourth-order valence-corrected chi connectivity index (χ4v) is 3.79. The van der Waals surface area contributed by atoms with Crippen LogP contribution in [0.2, 0.25) is 19.6 Å². The number of ether oxygens (including phenoxy) is 1. The molecule has 1 N–H and O–H groups in total. The molecule has 0 heterocycles. The molecule has 1 rings (SSSR count). The summed E-state index contributed by atoms with van der Waals surface area (Å²) in [5.74, 6) is -1.70. The van der Waals surface area contributed by atoms with Crippen molar-refractivity contribution in [3.05, 3.63) is 34.4 Å². The second kappa shape index (κ2) is 11.2. The summed E-state index contributed by atoms with van der Waals surface area (Å²) in [6.07, 6.45) is 7.12. The topological polar surface area (TPSA) is 72.8 Å². The first kappa shape index (κ1) is 23.4. The SMILES string of the molecule is CCc1cc(C(=O)OC)c(C(=O)O)cc1CCCCCCCO[Si](C)(C)C. The van der Waals surface area contributed by atoms with Gasteiger partial charge in [0.25, 0.3) is 0 Å². The average Bonchev–Trinajstić information content (AvgIpc) is 2.61. The van der Waals surface area contributed by atoms with E-state index in [1.165, 1.54) is 7.11 Å². The number of methoxy groups -OCH3 is 1. The number of hydrogen-bond donors (Lipinski definition) is 1. The number of benzene rings is 1. The fraction of sp³-hybridized carbons (Fsp3) is 0.619. The van der Waals surface area contributed by atoms with Gasteiger partial charge in [-0.05, 0) is 68.6 Å². The van der Waals surface area contributed by atoms with Gasteiger partial charge in [0.15, 0.2) is 8.32 Å². The molecule has 27 heavy (non-hydrogen) atoms. The van der Waals surface area contributed by atoms with Gasteiger partial charge in [-0.3, -0.25) is 0 Å². The van der Waals surface area contributed by atoms with Gasteiger partial charge in [0.2, 0.25) is 0 Å². The van der Waals surface area contributed by atoms with Gasteiger partial charge in [-0.1, -0.05) is 26.2 Å². The summed E-state index contributed by atoms with van der Waals surface area (Å²) >= 11 is 0. The molecule has 0 aliphatic carbocycles. The molecule has 0 aliphatic heterocycles. The Kier molecular flexibility index (Phi) is 9.73. The number of aromatic carboxylic acids is 1. The monoisotopic (exact) mass is 394 g/mol. The van der Waals surface area contributed by atoms with E-state index in [0.29, 0.717) is 0 Å². The highest BCUT2D eigenvalue weighted by Gasteiger charge is 2.20. The smallest absolute Gasteiger partial charge is 0.338 e. The van der Waals surface area contributed by atoms with Crippen molar-refractivity contribution in [1.29, 1.82) is 0 Å². The molecule has 0 spiro atoms. The van der Waals surface area contributed by atoms with E-state index in [-0.39, 0.29) is 11.1 Å². The summed E-state index contributed by atoms with van der Waals surface area (Å²) in [4.78, 5) is 23.4. The maximum Gasteiger partial charge on any atom is 0.338 e. The molecule has 0 radical (unpaired) electrons. The van der Waals surface area contributed by atoms with Gasteiger partial charge in [0.05, 0.1) is 18.2 Å². The lowest BCUT2D eigenvalue weighted by Gasteiger charge is -2.16. The van der Waals surface area contributed by atoms with E-state index in [1.54, 1.807) is 12.1 Å². The fourth-order valence-electron chi connectivity index (χ4n) is 3.03. The van der Waals surface area contributed by atoms with Crippen LogP contribution in [0.5, 0.6) is 0 Å². The van der Waals surface area contributed by atoms with Crippen LogP contribution >= 0.6 is 0 Å². The summed E-state index contributed by atoms with van der Waals surface area (Å²) < 4.78 is 10.6. The number of esters is 1. The summed E-state index contributed by atoms with van der Waals surface area (Å²) in [6.45, 7) is 9.48. The number of carbonyl (C=O) groups is 2. The second-order valence-electron chi connectivity index (χ2n) is 7.80. The van der Waals surface area contributed by atoms with Crippen molar-refractivity contribution in [2.24, 2.45) is 0 Å². The van der Waals surface area contributed by atoms with Crippen LogP contribution in [0.1, 0.15) is 70.9 Å². The molecule has 0 aliphatic rings. The lowest BCUT2D eigenvalue weighted by Crippen LogP contribution is -2.25. The maximum absolute atomic E-state index is 11.9.